The fourth-order valence-corrected chi connectivity index (χ4v) is 4.50. The number of hydrogen-bond donors (Lipinski definition) is 1. The SMILES string of the molecule is CCc1cc2cc(C(=O)Nc3ccc(C(=O)OC)cc3)sc2s1. The lowest BCUT2D eigenvalue weighted by molar-refractivity contribution is 0.0600. The number of rotatable bonds is 4. The third-order valence-corrected chi connectivity index (χ3v) is 5.94. The summed E-state index contributed by atoms with van der Waals surface area (Å²) < 4.78 is 5.82. The highest BCUT2D eigenvalue weighted by atomic mass is 32.2. The van der Waals surface area contributed by atoms with Crippen molar-refractivity contribution in [2.45, 2.75) is 13.3 Å². The number of esters is 1. The Balaban J connectivity index is 1.74. The molecule has 0 aliphatic heterocycles. The van der Waals surface area contributed by atoms with E-state index in [4.69, 9.17) is 0 Å². The first-order chi connectivity index (χ1) is 11.1. The van der Waals surface area contributed by atoms with Crippen LogP contribution in [0.1, 0.15) is 31.8 Å². The second-order valence-electron chi connectivity index (χ2n) is 4.94. The van der Waals surface area contributed by atoms with E-state index in [2.05, 4.69) is 23.0 Å². The highest BCUT2D eigenvalue weighted by Crippen LogP contribution is 2.34. The van der Waals surface area contributed by atoms with Gasteiger partial charge < -0.3 is 10.1 Å². The van der Waals surface area contributed by atoms with Crippen LogP contribution in [0.4, 0.5) is 5.69 Å². The third kappa shape index (κ3) is 3.28. The van der Waals surface area contributed by atoms with Crippen molar-refractivity contribution >= 4 is 49.6 Å². The van der Waals surface area contributed by atoms with E-state index in [9.17, 15) is 9.59 Å². The summed E-state index contributed by atoms with van der Waals surface area (Å²) in [5, 5.41) is 3.97. The second-order valence-corrected chi connectivity index (χ2v) is 7.39. The van der Waals surface area contributed by atoms with Crippen molar-refractivity contribution in [3.63, 3.8) is 0 Å². The van der Waals surface area contributed by atoms with Gasteiger partial charge in [0.15, 0.2) is 0 Å². The molecule has 0 saturated heterocycles. The van der Waals surface area contributed by atoms with Crippen LogP contribution in [0.25, 0.3) is 9.40 Å². The quantitative estimate of drug-likeness (QED) is 0.705. The van der Waals surface area contributed by atoms with Crippen molar-refractivity contribution in [2.24, 2.45) is 0 Å². The van der Waals surface area contributed by atoms with Gasteiger partial charge in [-0.05, 0) is 42.8 Å². The van der Waals surface area contributed by atoms with Gasteiger partial charge in [-0.25, -0.2) is 4.79 Å². The predicted molar refractivity (Wildman–Crippen MR) is 94.8 cm³/mol. The molecule has 0 unspecified atom stereocenters. The van der Waals surface area contributed by atoms with Gasteiger partial charge in [0, 0.05) is 16.0 Å². The fraction of sp³-hybridized carbons (Fsp3) is 0.176. The van der Waals surface area contributed by atoms with Gasteiger partial charge in [-0.3, -0.25) is 4.79 Å². The summed E-state index contributed by atoms with van der Waals surface area (Å²) in [6, 6.07) is 10.7. The maximum absolute atomic E-state index is 12.3. The summed E-state index contributed by atoms with van der Waals surface area (Å²) in [7, 11) is 1.34. The van der Waals surface area contributed by atoms with Crippen LogP contribution in [0, 0.1) is 0 Å². The number of benzene rings is 1. The summed E-state index contributed by atoms with van der Waals surface area (Å²) >= 11 is 3.24. The average Bonchev–Trinajstić information content (AvgIpc) is 3.13. The Morgan fingerprint density at radius 2 is 1.87 bits per heavy atom. The van der Waals surface area contributed by atoms with E-state index in [0.29, 0.717) is 16.1 Å². The zero-order valence-corrected chi connectivity index (χ0v) is 14.3. The lowest BCUT2D eigenvalue weighted by atomic mass is 10.2. The first kappa shape index (κ1) is 15.7. The number of fused-ring (bicyclic) bond motifs is 1. The molecule has 3 aromatic rings. The lowest BCUT2D eigenvalue weighted by Crippen LogP contribution is -2.10. The van der Waals surface area contributed by atoms with E-state index in [1.54, 1.807) is 35.6 Å². The smallest absolute Gasteiger partial charge is 0.337 e. The Labute approximate surface area is 141 Å². The van der Waals surface area contributed by atoms with Gasteiger partial charge in [0.25, 0.3) is 5.91 Å². The maximum Gasteiger partial charge on any atom is 0.337 e. The minimum atomic E-state index is -0.395. The summed E-state index contributed by atoms with van der Waals surface area (Å²) in [6.45, 7) is 2.13. The van der Waals surface area contributed by atoms with E-state index >= 15 is 0 Å². The summed E-state index contributed by atoms with van der Waals surface area (Å²) in [4.78, 5) is 25.7. The first-order valence-electron chi connectivity index (χ1n) is 7.12. The molecular weight excluding hydrogens is 330 g/mol. The van der Waals surface area contributed by atoms with Crippen LogP contribution in [0.2, 0.25) is 0 Å². The molecule has 2 aromatic heterocycles. The topological polar surface area (TPSA) is 55.4 Å². The van der Waals surface area contributed by atoms with Crippen molar-refractivity contribution in [3.8, 4) is 0 Å². The third-order valence-electron chi connectivity index (χ3n) is 3.40. The Hall–Kier alpha value is -2.18. The van der Waals surface area contributed by atoms with Crippen LogP contribution in [0.15, 0.2) is 36.4 Å². The average molecular weight is 345 g/mol. The number of methoxy groups -OCH3 is 1. The van der Waals surface area contributed by atoms with Crippen LogP contribution in [-0.2, 0) is 11.2 Å². The number of thiophene rings is 2. The molecule has 6 heteroatoms. The highest BCUT2D eigenvalue weighted by Gasteiger charge is 2.13. The molecule has 3 rings (SSSR count). The molecule has 1 N–H and O–H groups in total. The minimum absolute atomic E-state index is 0.137. The first-order valence-corrected chi connectivity index (χ1v) is 8.76. The number of carbonyl (C=O) groups excluding carboxylic acids is 2. The van der Waals surface area contributed by atoms with E-state index in [1.807, 2.05) is 6.07 Å². The summed E-state index contributed by atoms with van der Waals surface area (Å²) in [5.74, 6) is -0.532. The van der Waals surface area contributed by atoms with Gasteiger partial charge in [-0.2, -0.15) is 0 Å². The lowest BCUT2D eigenvalue weighted by Gasteiger charge is -2.04. The molecule has 0 aliphatic carbocycles. The molecule has 2 heterocycles. The molecular formula is C17H15NO3S2. The van der Waals surface area contributed by atoms with Crippen LogP contribution in [-0.4, -0.2) is 19.0 Å². The second kappa shape index (κ2) is 6.52. The molecule has 0 fully saturated rings. The van der Waals surface area contributed by atoms with Crippen LogP contribution in [0.5, 0.6) is 0 Å². The molecule has 0 radical (unpaired) electrons. The Bertz CT molecular complexity index is 830. The number of anilines is 1. The number of amides is 1. The molecule has 0 aliphatic rings. The standard InChI is InChI=1S/C17H15NO3S2/c1-3-13-8-11-9-14(23-17(11)22-13)15(19)18-12-6-4-10(5-7-12)16(20)21-2/h4-9H,3H2,1-2H3,(H,18,19). The molecule has 1 aromatic carbocycles. The maximum atomic E-state index is 12.3. The molecule has 1 amide bonds. The molecule has 0 bridgehead atoms. The van der Waals surface area contributed by atoms with Crippen molar-refractivity contribution in [3.05, 3.63) is 51.7 Å². The van der Waals surface area contributed by atoms with Gasteiger partial charge in [0.2, 0.25) is 0 Å². The largest absolute Gasteiger partial charge is 0.465 e. The van der Waals surface area contributed by atoms with E-state index < -0.39 is 5.97 Å². The molecule has 118 valence electrons. The van der Waals surface area contributed by atoms with Gasteiger partial charge in [-0.15, -0.1) is 22.7 Å². The van der Waals surface area contributed by atoms with Gasteiger partial charge in [-0.1, -0.05) is 6.92 Å². The molecule has 0 spiro atoms. The predicted octanol–water partition coefficient (Wildman–Crippen LogP) is 4.56. The van der Waals surface area contributed by atoms with Crippen molar-refractivity contribution in [1.82, 2.24) is 0 Å². The van der Waals surface area contributed by atoms with E-state index in [-0.39, 0.29) is 5.91 Å². The Morgan fingerprint density at radius 3 is 2.48 bits per heavy atom. The van der Waals surface area contributed by atoms with Crippen LogP contribution in [0.3, 0.4) is 0 Å². The normalized spacial score (nSPS) is 10.7. The Morgan fingerprint density at radius 1 is 1.13 bits per heavy atom. The minimum Gasteiger partial charge on any atom is -0.465 e. The van der Waals surface area contributed by atoms with E-state index in [1.165, 1.54) is 27.3 Å². The molecule has 0 saturated carbocycles. The van der Waals surface area contributed by atoms with Gasteiger partial charge >= 0.3 is 5.97 Å². The number of carbonyl (C=O) groups is 2. The fourth-order valence-electron chi connectivity index (χ4n) is 2.18. The van der Waals surface area contributed by atoms with Gasteiger partial charge in [0.1, 0.15) is 0 Å². The van der Waals surface area contributed by atoms with Crippen molar-refractivity contribution < 1.29 is 14.3 Å². The zero-order chi connectivity index (χ0) is 16.4. The molecule has 23 heavy (non-hydrogen) atoms. The number of nitrogens with one attached hydrogen (secondary N) is 1. The molecule has 0 atom stereocenters. The molecule has 4 nitrogen and oxygen atoms in total. The number of hydrogen-bond acceptors (Lipinski definition) is 5. The number of aryl methyl sites for hydroxylation is 1. The summed E-state index contributed by atoms with van der Waals surface area (Å²) in [6.07, 6.45) is 1.01. The Kier molecular flexibility index (Phi) is 4.45. The van der Waals surface area contributed by atoms with E-state index in [0.717, 1.165) is 11.8 Å². The number of ether oxygens (including phenoxy) is 1. The van der Waals surface area contributed by atoms with Crippen LogP contribution < -0.4 is 5.32 Å². The zero-order valence-electron chi connectivity index (χ0n) is 12.7. The highest BCUT2D eigenvalue weighted by molar-refractivity contribution is 7.39. The van der Waals surface area contributed by atoms with Crippen molar-refractivity contribution in [2.75, 3.05) is 12.4 Å². The van der Waals surface area contributed by atoms with Gasteiger partial charge in [0.05, 0.1) is 21.6 Å². The summed E-state index contributed by atoms with van der Waals surface area (Å²) in [5.41, 5.74) is 1.10. The van der Waals surface area contributed by atoms with Crippen molar-refractivity contribution in [1.29, 1.82) is 0 Å². The van der Waals surface area contributed by atoms with Crippen LogP contribution >= 0.6 is 22.7 Å². The monoisotopic (exact) mass is 345 g/mol.